The predicted octanol–water partition coefficient (Wildman–Crippen LogP) is 2.38. The number of hydrogen-bond acceptors (Lipinski definition) is 5. The smallest absolute Gasteiger partial charge is 0.408 e. The number of aromatic amines is 1. The number of aromatic nitrogens is 2. The molecule has 0 aliphatic rings. The molecule has 2 heterocycles. The van der Waals surface area contributed by atoms with Gasteiger partial charge in [-0.15, -0.1) is 11.3 Å². The molecule has 3 aromatic rings. The van der Waals surface area contributed by atoms with Gasteiger partial charge in [-0.1, -0.05) is 0 Å². The van der Waals surface area contributed by atoms with Crippen LogP contribution >= 0.6 is 11.3 Å². The van der Waals surface area contributed by atoms with Crippen molar-refractivity contribution in [1.82, 2.24) is 9.97 Å². The van der Waals surface area contributed by atoms with Crippen LogP contribution in [-0.2, 0) is 11.2 Å². The maximum absolute atomic E-state index is 11.1. The monoisotopic (exact) mass is 274 g/mol. The number of carbonyl (C=O) groups excluding carboxylic acids is 1. The highest BCUT2D eigenvalue weighted by molar-refractivity contribution is 7.13. The molecule has 0 amide bonds. The van der Waals surface area contributed by atoms with Crippen LogP contribution in [0.5, 0.6) is 0 Å². The molecule has 1 aromatic carbocycles. The lowest BCUT2D eigenvalue weighted by molar-refractivity contribution is -0.107. The highest BCUT2D eigenvalue weighted by atomic mass is 32.1. The van der Waals surface area contributed by atoms with Crippen molar-refractivity contribution in [2.45, 2.75) is 12.8 Å². The van der Waals surface area contributed by atoms with Crippen LogP contribution in [0.4, 0.5) is 0 Å². The molecule has 96 valence electrons. The van der Waals surface area contributed by atoms with Crippen molar-refractivity contribution in [2.75, 3.05) is 0 Å². The van der Waals surface area contributed by atoms with Gasteiger partial charge in [0.15, 0.2) is 5.58 Å². The summed E-state index contributed by atoms with van der Waals surface area (Å²) in [7, 11) is 0. The minimum Gasteiger partial charge on any atom is -0.408 e. The van der Waals surface area contributed by atoms with Gasteiger partial charge in [-0.25, -0.2) is 9.78 Å². The molecule has 0 unspecified atom stereocenters. The van der Waals surface area contributed by atoms with E-state index in [0.29, 0.717) is 23.9 Å². The number of H-pyrrole nitrogens is 1. The van der Waals surface area contributed by atoms with E-state index < -0.39 is 5.76 Å². The number of hydrogen-bond donors (Lipinski definition) is 1. The number of benzene rings is 1. The Bertz CT molecular complexity index is 784. The summed E-state index contributed by atoms with van der Waals surface area (Å²) < 4.78 is 4.95. The van der Waals surface area contributed by atoms with E-state index in [0.717, 1.165) is 22.6 Å². The highest BCUT2D eigenvalue weighted by Gasteiger charge is 2.07. The topological polar surface area (TPSA) is 76.0 Å². The fourth-order valence-corrected chi connectivity index (χ4v) is 2.70. The second-order valence-corrected chi connectivity index (χ2v) is 4.93. The van der Waals surface area contributed by atoms with Crippen LogP contribution in [0.1, 0.15) is 12.1 Å². The zero-order chi connectivity index (χ0) is 13.2. The number of rotatable bonds is 4. The Morgan fingerprint density at radius 1 is 1.42 bits per heavy atom. The molecule has 0 fully saturated rings. The normalized spacial score (nSPS) is 10.9. The van der Waals surface area contributed by atoms with Crippen LogP contribution in [0.25, 0.3) is 21.7 Å². The van der Waals surface area contributed by atoms with E-state index in [2.05, 4.69) is 9.97 Å². The summed E-state index contributed by atoms with van der Waals surface area (Å²) in [6, 6.07) is 5.44. The second kappa shape index (κ2) is 4.81. The quantitative estimate of drug-likeness (QED) is 0.741. The van der Waals surface area contributed by atoms with E-state index in [1.165, 1.54) is 11.3 Å². The third-order valence-corrected chi connectivity index (χ3v) is 3.68. The standard InChI is InChI=1S/C13H10N2O3S/c16-5-1-2-9-7-19-12(14-9)8-3-4-11-10(6-8)15-13(17)18-11/h3-7H,1-2H2,(H,15,17). The van der Waals surface area contributed by atoms with Crippen molar-refractivity contribution in [1.29, 1.82) is 0 Å². The summed E-state index contributed by atoms with van der Waals surface area (Å²) in [6.07, 6.45) is 2.03. The number of aryl methyl sites for hydroxylation is 1. The zero-order valence-corrected chi connectivity index (χ0v) is 10.7. The van der Waals surface area contributed by atoms with Gasteiger partial charge in [0.05, 0.1) is 11.2 Å². The molecule has 6 heteroatoms. The summed E-state index contributed by atoms with van der Waals surface area (Å²) in [5.41, 5.74) is 3.03. The Labute approximate surface area is 111 Å². The fourth-order valence-electron chi connectivity index (χ4n) is 1.85. The fraction of sp³-hybridized carbons (Fsp3) is 0.154. The molecule has 5 nitrogen and oxygen atoms in total. The summed E-state index contributed by atoms with van der Waals surface area (Å²) in [4.78, 5) is 28.5. The average Bonchev–Trinajstić information content (AvgIpc) is 3.00. The summed E-state index contributed by atoms with van der Waals surface area (Å²) in [6.45, 7) is 0. The molecule has 0 spiro atoms. The summed E-state index contributed by atoms with van der Waals surface area (Å²) >= 11 is 1.52. The largest absolute Gasteiger partial charge is 0.417 e. The second-order valence-electron chi connectivity index (χ2n) is 4.07. The molecular weight excluding hydrogens is 264 g/mol. The van der Waals surface area contributed by atoms with Crippen molar-refractivity contribution < 1.29 is 9.21 Å². The molecule has 0 atom stereocenters. The van der Waals surface area contributed by atoms with Crippen molar-refractivity contribution in [3.05, 3.63) is 39.8 Å². The Morgan fingerprint density at radius 2 is 2.32 bits per heavy atom. The SMILES string of the molecule is O=CCCc1csc(-c2ccc3oc(=O)[nH]c3c2)n1. The molecule has 2 aromatic heterocycles. The number of nitrogens with zero attached hydrogens (tertiary/aromatic N) is 1. The number of oxazole rings is 1. The number of nitrogens with one attached hydrogen (secondary N) is 1. The molecule has 1 N–H and O–H groups in total. The third kappa shape index (κ3) is 2.34. The van der Waals surface area contributed by atoms with Crippen molar-refractivity contribution in [3.8, 4) is 10.6 Å². The van der Waals surface area contributed by atoms with Crippen molar-refractivity contribution in [2.24, 2.45) is 0 Å². The first-order chi connectivity index (χ1) is 9.26. The van der Waals surface area contributed by atoms with Crippen LogP contribution in [-0.4, -0.2) is 16.3 Å². The third-order valence-electron chi connectivity index (χ3n) is 2.74. The Balaban J connectivity index is 1.96. The van der Waals surface area contributed by atoms with Crippen LogP contribution in [0.2, 0.25) is 0 Å². The number of thiazole rings is 1. The molecule has 0 radical (unpaired) electrons. The number of aldehydes is 1. The van der Waals surface area contributed by atoms with Gasteiger partial charge in [0.2, 0.25) is 0 Å². The molecule has 0 saturated carbocycles. The number of carbonyl (C=O) groups is 1. The van der Waals surface area contributed by atoms with E-state index in [4.69, 9.17) is 4.42 Å². The van der Waals surface area contributed by atoms with E-state index in [9.17, 15) is 9.59 Å². The molecule has 0 bridgehead atoms. The molecule has 19 heavy (non-hydrogen) atoms. The van der Waals surface area contributed by atoms with Gasteiger partial charge in [0.25, 0.3) is 0 Å². The van der Waals surface area contributed by atoms with Crippen LogP contribution < -0.4 is 5.76 Å². The number of fused-ring (bicyclic) bond motifs is 1. The van der Waals surface area contributed by atoms with Gasteiger partial charge in [-0.2, -0.15) is 0 Å². The van der Waals surface area contributed by atoms with E-state index in [-0.39, 0.29) is 0 Å². The first-order valence-corrected chi connectivity index (χ1v) is 6.65. The lowest BCUT2D eigenvalue weighted by Gasteiger charge is -1.95. The van der Waals surface area contributed by atoms with E-state index in [1.807, 2.05) is 17.5 Å². The molecule has 0 aliphatic carbocycles. The van der Waals surface area contributed by atoms with Crippen LogP contribution in [0.15, 0.2) is 32.8 Å². The predicted molar refractivity (Wildman–Crippen MR) is 72.3 cm³/mol. The van der Waals surface area contributed by atoms with Gasteiger partial charge in [-0.05, 0) is 24.6 Å². The zero-order valence-electron chi connectivity index (χ0n) is 9.88. The summed E-state index contributed by atoms with van der Waals surface area (Å²) in [5.74, 6) is -0.460. The maximum Gasteiger partial charge on any atom is 0.417 e. The van der Waals surface area contributed by atoms with Gasteiger partial charge in [0, 0.05) is 17.4 Å². The Morgan fingerprint density at radius 3 is 3.16 bits per heavy atom. The first kappa shape index (κ1) is 11.9. The molecule has 0 aliphatic heterocycles. The van der Waals surface area contributed by atoms with Gasteiger partial charge >= 0.3 is 5.76 Å². The first-order valence-electron chi connectivity index (χ1n) is 5.77. The highest BCUT2D eigenvalue weighted by Crippen LogP contribution is 2.26. The Kier molecular flexibility index (Phi) is 3.00. The van der Waals surface area contributed by atoms with Crippen LogP contribution in [0.3, 0.4) is 0 Å². The van der Waals surface area contributed by atoms with Gasteiger partial charge < -0.3 is 9.21 Å². The van der Waals surface area contributed by atoms with Crippen molar-refractivity contribution in [3.63, 3.8) is 0 Å². The minimum absolute atomic E-state index is 0.460. The molecule has 3 rings (SSSR count). The average molecular weight is 274 g/mol. The lowest BCUT2D eigenvalue weighted by atomic mass is 10.2. The maximum atomic E-state index is 11.1. The molecular formula is C13H10N2O3S. The lowest BCUT2D eigenvalue weighted by Crippen LogP contribution is -1.92. The molecule has 0 saturated heterocycles. The van der Waals surface area contributed by atoms with Crippen LogP contribution in [0, 0.1) is 0 Å². The minimum atomic E-state index is -0.460. The van der Waals surface area contributed by atoms with Gasteiger partial charge in [-0.3, -0.25) is 4.98 Å². The van der Waals surface area contributed by atoms with Gasteiger partial charge in [0.1, 0.15) is 11.3 Å². The Hall–Kier alpha value is -2.21. The van der Waals surface area contributed by atoms with Crippen molar-refractivity contribution >= 4 is 28.7 Å². The van der Waals surface area contributed by atoms with E-state index in [1.54, 1.807) is 6.07 Å². The van der Waals surface area contributed by atoms with E-state index >= 15 is 0 Å². The summed E-state index contributed by atoms with van der Waals surface area (Å²) in [5, 5.41) is 2.81.